The van der Waals surface area contributed by atoms with E-state index in [0.29, 0.717) is 27.0 Å². The number of urea groups is 1. The second-order valence-corrected chi connectivity index (χ2v) is 5.29. The lowest BCUT2D eigenvalue weighted by molar-refractivity contribution is 0.0962. The van der Waals surface area contributed by atoms with Crippen LogP contribution in [0.3, 0.4) is 0 Å². The highest BCUT2D eigenvalue weighted by Crippen LogP contribution is 2.27. The van der Waals surface area contributed by atoms with E-state index in [2.05, 4.69) is 10.6 Å². The van der Waals surface area contributed by atoms with Gasteiger partial charge in [-0.2, -0.15) is 0 Å². The summed E-state index contributed by atoms with van der Waals surface area (Å²) in [6.07, 6.45) is 0. The van der Waals surface area contributed by atoms with Crippen LogP contribution in [-0.2, 0) is 0 Å². The minimum Gasteiger partial charge on any atom is -0.472 e. The van der Waals surface area contributed by atoms with Crippen molar-refractivity contribution in [3.8, 4) is 5.75 Å². The summed E-state index contributed by atoms with van der Waals surface area (Å²) in [6.45, 7) is -0.164. The van der Waals surface area contributed by atoms with E-state index in [0.717, 1.165) is 0 Å². The van der Waals surface area contributed by atoms with E-state index in [1.807, 2.05) is 0 Å². The molecule has 0 aliphatic rings. The number of ether oxygens (including phenoxy) is 1. The smallest absolute Gasteiger partial charge is 0.324 e. The fourth-order valence-electron chi connectivity index (χ4n) is 1.63. The lowest BCUT2D eigenvalue weighted by atomic mass is 10.2. The van der Waals surface area contributed by atoms with E-state index in [1.54, 1.807) is 24.3 Å². The molecule has 0 atom stereocenters. The van der Waals surface area contributed by atoms with Gasteiger partial charge in [-0.25, -0.2) is 4.79 Å². The predicted octanol–water partition coefficient (Wildman–Crippen LogP) is 3.05. The quantitative estimate of drug-likeness (QED) is 0.581. The maximum Gasteiger partial charge on any atom is 0.324 e. The Labute approximate surface area is 142 Å². The highest BCUT2D eigenvalue weighted by Gasteiger charge is 2.10. The number of hydrogen-bond donors (Lipinski definition) is 3. The largest absolute Gasteiger partial charge is 0.472 e. The topological polar surface area (TPSA) is 93.5 Å². The summed E-state index contributed by atoms with van der Waals surface area (Å²) in [5.74, 6) is -0.187. The van der Waals surface area contributed by atoms with Gasteiger partial charge >= 0.3 is 6.03 Å². The third-order valence-electron chi connectivity index (χ3n) is 2.75. The predicted molar refractivity (Wildman–Crippen MR) is 88.8 cm³/mol. The van der Waals surface area contributed by atoms with E-state index in [4.69, 9.17) is 33.7 Å². The van der Waals surface area contributed by atoms with Gasteiger partial charge in [0.2, 0.25) is 0 Å². The molecule has 0 saturated heterocycles. The van der Waals surface area contributed by atoms with Gasteiger partial charge in [0.1, 0.15) is 5.75 Å². The first kappa shape index (κ1) is 16.9. The Morgan fingerprint density at radius 3 is 2.43 bits per heavy atom. The molecular formula is C15H13Cl2N3O3. The Morgan fingerprint density at radius 2 is 1.78 bits per heavy atom. The van der Waals surface area contributed by atoms with Gasteiger partial charge in [-0.15, -0.1) is 0 Å². The molecule has 0 fully saturated rings. The van der Waals surface area contributed by atoms with Gasteiger partial charge < -0.3 is 15.8 Å². The minimum atomic E-state index is -0.697. The summed E-state index contributed by atoms with van der Waals surface area (Å²) >= 11 is 11.7. The van der Waals surface area contributed by atoms with Crippen molar-refractivity contribution in [1.82, 2.24) is 10.6 Å². The second kappa shape index (κ2) is 7.71. The number of nitrogens with one attached hydrogen (secondary N) is 2. The van der Waals surface area contributed by atoms with Crippen molar-refractivity contribution in [3.63, 3.8) is 0 Å². The SMILES string of the molecule is Nc1ccc(C(=O)NC(=O)NCOc2ccc(Cl)cc2Cl)cc1. The number of imide groups is 1. The second-order valence-electron chi connectivity index (χ2n) is 4.45. The number of nitrogens with two attached hydrogens (primary N) is 1. The van der Waals surface area contributed by atoms with Crippen molar-refractivity contribution in [2.24, 2.45) is 0 Å². The van der Waals surface area contributed by atoms with Crippen LogP contribution in [0.15, 0.2) is 42.5 Å². The molecule has 23 heavy (non-hydrogen) atoms. The molecule has 0 aromatic heterocycles. The van der Waals surface area contributed by atoms with Crippen LogP contribution in [0.25, 0.3) is 0 Å². The Balaban J connectivity index is 1.81. The van der Waals surface area contributed by atoms with E-state index in [-0.39, 0.29) is 6.73 Å². The van der Waals surface area contributed by atoms with Crippen LogP contribution in [0.4, 0.5) is 10.5 Å². The lowest BCUT2D eigenvalue weighted by Gasteiger charge is -2.10. The minimum absolute atomic E-state index is 0.164. The standard InChI is InChI=1S/C15H13Cl2N3O3/c16-10-3-6-13(12(17)7-10)23-8-19-15(22)20-14(21)9-1-4-11(18)5-2-9/h1-7H,8,18H2,(H2,19,20,21,22). The zero-order valence-electron chi connectivity index (χ0n) is 11.8. The highest BCUT2D eigenvalue weighted by atomic mass is 35.5. The van der Waals surface area contributed by atoms with Gasteiger partial charge in [0.05, 0.1) is 5.02 Å². The van der Waals surface area contributed by atoms with Crippen molar-refractivity contribution < 1.29 is 14.3 Å². The van der Waals surface area contributed by atoms with E-state index < -0.39 is 11.9 Å². The molecule has 6 nitrogen and oxygen atoms in total. The maximum absolute atomic E-state index is 11.8. The lowest BCUT2D eigenvalue weighted by Crippen LogP contribution is -2.41. The number of nitrogen functional groups attached to an aromatic ring is 1. The first-order valence-corrected chi connectivity index (χ1v) is 7.24. The van der Waals surface area contributed by atoms with Crippen molar-refractivity contribution in [2.75, 3.05) is 12.5 Å². The van der Waals surface area contributed by atoms with Crippen LogP contribution in [0, 0.1) is 0 Å². The first-order chi connectivity index (χ1) is 11.0. The third-order valence-corrected chi connectivity index (χ3v) is 3.28. The van der Waals surface area contributed by atoms with Gasteiger partial charge in [-0.3, -0.25) is 10.1 Å². The fourth-order valence-corrected chi connectivity index (χ4v) is 2.09. The van der Waals surface area contributed by atoms with Crippen LogP contribution >= 0.6 is 23.2 Å². The van der Waals surface area contributed by atoms with E-state index in [9.17, 15) is 9.59 Å². The molecule has 0 bridgehead atoms. The number of benzene rings is 2. The number of carbonyl (C=O) groups excluding carboxylic acids is 2. The summed E-state index contributed by atoms with van der Waals surface area (Å²) in [5.41, 5.74) is 6.37. The Kier molecular flexibility index (Phi) is 5.67. The van der Waals surface area contributed by atoms with Gasteiger partial charge in [0.25, 0.3) is 5.91 Å². The fraction of sp³-hybridized carbons (Fsp3) is 0.0667. The number of anilines is 1. The summed E-state index contributed by atoms with van der Waals surface area (Å²) in [5, 5.41) is 5.33. The first-order valence-electron chi connectivity index (χ1n) is 6.48. The Hall–Kier alpha value is -2.44. The van der Waals surface area contributed by atoms with Gasteiger partial charge in [0.15, 0.2) is 6.73 Å². The van der Waals surface area contributed by atoms with Crippen molar-refractivity contribution in [3.05, 3.63) is 58.1 Å². The third kappa shape index (κ3) is 5.05. The Morgan fingerprint density at radius 1 is 1.09 bits per heavy atom. The van der Waals surface area contributed by atoms with Gasteiger partial charge in [-0.1, -0.05) is 23.2 Å². The van der Waals surface area contributed by atoms with Crippen LogP contribution in [0.2, 0.25) is 10.0 Å². The summed E-state index contributed by atoms with van der Waals surface area (Å²) in [7, 11) is 0. The molecule has 2 aromatic rings. The Bertz CT molecular complexity index is 720. The molecule has 0 unspecified atom stereocenters. The molecule has 2 rings (SSSR count). The van der Waals surface area contributed by atoms with Crippen LogP contribution < -0.4 is 21.1 Å². The normalized spacial score (nSPS) is 10.0. The zero-order valence-corrected chi connectivity index (χ0v) is 13.3. The summed E-state index contributed by atoms with van der Waals surface area (Å²) in [4.78, 5) is 23.4. The molecule has 4 N–H and O–H groups in total. The van der Waals surface area contributed by atoms with Crippen molar-refractivity contribution >= 4 is 40.8 Å². The van der Waals surface area contributed by atoms with Crippen LogP contribution in [0.5, 0.6) is 5.75 Å². The van der Waals surface area contributed by atoms with E-state index >= 15 is 0 Å². The average Bonchev–Trinajstić information content (AvgIpc) is 2.50. The number of amides is 3. The number of carbonyl (C=O) groups is 2. The molecule has 2 aromatic carbocycles. The zero-order chi connectivity index (χ0) is 16.8. The van der Waals surface area contributed by atoms with Crippen molar-refractivity contribution in [1.29, 1.82) is 0 Å². The average molecular weight is 354 g/mol. The molecule has 120 valence electrons. The summed E-state index contributed by atoms with van der Waals surface area (Å²) in [6, 6.07) is 10.2. The molecular weight excluding hydrogens is 341 g/mol. The number of hydrogen-bond acceptors (Lipinski definition) is 4. The van der Waals surface area contributed by atoms with Gasteiger partial charge in [0, 0.05) is 16.3 Å². The van der Waals surface area contributed by atoms with Crippen LogP contribution in [0.1, 0.15) is 10.4 Å². The number of halogens is 2. The summed E-state index contributed by atoms with van der Waals surface area (Å²) < 4.78 is 5.28. The van der Waals surface area contributed by atoms with E-state index in [1.165, 1.54) is 18.2 Å². The monoisotopic (exact) mass is 353 g/mol. The molecule has 0 heterocycles. The molecule has 0 spiro atoms. The molecule has 8 heteroatoms. The molecule has 0 saturated carbocycles. The molecule has 3 amide bonds. The van der Waals surface area contributed by atoms with Gasteiger partial charge in [-0.05, 0) is 42.5 Å². The van der Waals surface area contributed by atoms with Crippen LogP contribution in [-0.4, -0.2) is 18.7 Å². The molecule has 0 radical (unpaired) electrons. The molecule has 0 aliphatic heterocycles. The highest BCUT2D eigenvalue weighted by molar-refractivity contribution is 6.35. The maximum atomic E-state index is 11.8. The number of rotatable bonds is 4. The molecule has 0 aliphatic carbocycles. The van der Waals surface area contributed by atoms with Crippen molar-refractivity contribution in [2.45, 2.75) is 0 Å².